The Morgan fingerprint density at radius 2 is 1.69 bits per heavy atom. The number of aromatic nitrogens is 5. The first-order chi connectivity index (χ1) is 18.3. The Balaban J connectivity index is 1.76. The molecule has 200 valence electrons. The van der Waals surface area contributed by atoms with E-state index in [4.69, 9.17) is 23.2 Å². The largest absolute Gasteiger partial charge is 0.301 e. The number of aryl methyl sites for hydroxylation is 1. The third kappa shape index (κ3) is 5.32. The predicted octanol–water partition coefficient (Wildman–Crippen LogP) is 6.92. The number of halogens is 4. The number of imidazole rings is 1. The van der Waals surface area contributed by atoms with E-state index in [2.05, 4.69) is 15.3 Å². The second kappa shape index (κ2) is 9.86. The molecule has 5 rings (SSSR count). The lowest BCUT2D eigenvalue weighted by atomic mass is 10.0. The van der Waals surface area contributed by atoms with Gasteiger partial charge in [0.05, 0.1) is 33.2 Å². The Bertz CT molecular complexity index is 1830. The Kier molecular flexibility index (Phi) is 6.82. The lowest BCUT2D eigenvalue weighted by molar-refractivity contribution is 0.0130. The van der Waals surface area contributed by atoms with E-state index in [9.17, 15) is 17.2 Å². The summed E-state index contributed by atoms with van der Waals surface area (Å²) >= 11 is 12.6. The van der Waals surface area contributed by atoms with Gasteiger partial charge < -0.3 is 4.57 Å². The maximum Gasteiger partial charge on any atom is 0.288 e. The zero-order chi connectivity index (χ0) is 28.1. The van der Waals surface area contributed by atoms with Crippen LogP contribution in [0.4, 0.5) is 8.78 Å². The van der Waals surface area contributed by atoms with Crippen molar-refractivity contribution in [3.8, 4) is 33.8 Å². The van der Waals surface area contributed by atoms with Crippen LogP contribution >= 0.6 is 23.2 Å². The summed E-state index contributed by atoms with van der Waals surface area (Å²) in [6.45, 7) is 2.41. The monoisotopic (exact) mass is 587 g/mol. The Hall–Kier alpha value is -3.60. The van der Waals surface area contributed by atoms with E-state index in [1.54, 1.807) is 66.1 Å². The SMILES string of the molecule is Cc1nc(C(C)(F)F)cn1-c1ccc(-c2cccc(S(C)(=O)=O)c2)cc1-n1nncc1-c1ccc(Cl)cc1Cl. The predicted molar refractivity (Wildman–Crippen MR) is 147 cm³/mol. The van der Waals surface area contributed by atoms with Crippen molar-refractivity contribution in [2.24, 2.45) is 0 Å². The molecule has 12 heteroatoms. The Labute approximate surface area is 233 Å². The second-order valence-corrected chi connectivity index (χ2v) is 11.9. The van der Waals surface area contributed by atoms with Crippen LogP contribution in [0.2, 0.25) is 10.0 Å². The molecule has 2 heterocycles. The van der Waals surface area contributed by atoms with Gasteiger partial charge in [0, 0.05) is 30.0 Å². The van der Waals surface area contributed by atoms with Crippen molar-refractivity contribution < 1.29 is 17.2 Å². The van der Waals surface area contributed by atoms with Gasteiger partial charge >= 0.3 is 0 Å². The molecule has 0 amide bonds. The van der Waals surface area contributed by atoms with Crippen molar-refractivity contribution in [1.29, 1.82) is 0 Å². The standard InChI is InChI=1S/C27H21Cl2F2N5O2S/c1-16-33-26(27(2,30)31)15-35(16)23-10-7-18(17-5-4-6-20(11-17)39(3,37)38)12-24(23)36-25(14-32-34-36)21-9-8-19(28)13-22(21)29/h4-15H,1-3H3. The summed E-state index contributed by atoms with van der Waals surface area (Å²) in [5, 5.41) is 9.20. The highest BCUT2D eigenvalue weighted by Gasteiger charge is 2.29. The fourth-order valence-electron chi connectivity index (χ4n) is 4.20. The number of hydrogen-bond acceptors (Lipinski definition) is 5. The number of hydrogen-bond donors (Lipinski definition) is 0. The van der Waals surface area contributed by atoms with Crippen molar-refractivity contribution in [3.05, 3.63) is 94.6 Å². The van der Waals surface area contributed by atoms with E-state index in [0.29, 0.717) is 49.6 Å². The molecule has 0 bridgehead atoms. The maximum absolute atomic E-state index is 14.1. The molecule has 0 aliphatic heterocycles. The Morgan fingerprint density at radius 3 is 2.36 bits per heavy atom. The summed E-state index contributed by atoms with van der Waals surface area (Å²) < 4.78 is 55.7. The van der Waals surface area contributed by atoms with Gasteiger partial charge in [0.1, 0.15) is 11.5 Å². The highest BCUT2D eigenvalue weighted by Crippen LogP contribution is 2.35. The molecule has 0 aliphatic carbocycles. The molecule has 39 heavy (non-hydrogen) atoms. The van der Waals surface area contributed by atoms with Crippen molar-refractivity contribution in [3.63, 3.8) is 0 Å². The van der Waals surface area contributed by atoms with Crippen molar-refractivity contribution in [1.82, 2.24) is 24.5 Å². The van der Waals surface area contributed by atoms with Gasteiger partial charge in [-0.05, 0) is 60.5 Å². The fourth-order valence-corrected chi connectivity index (χ4v) is 5.38. The number of rotatable bonds is 6. The summed E-state index contributed by atoms with van der Waals surface area (Å²) in [6.07, 6.45) is 3.95. The van der Waals surface area contributed by atoms with Crippen LogP contribution in [0, 0.1) is 6.92 Å². The molecule has 0 N–H and O–H groups in total. The lowest BCUT2D eigenvalue weighted by Crippen LogP contribution is -2.08. The third-order valence-electron chi connectivity index (χ3n) is 6.15. The fraction of sp³-hybridized carbons (Fsp3) is 0.148. The molecule has 0 saturated carbocycles. The minimum atomic E-state index is -3.44. The highest BCUT2D eigenvalue weighted by molar-refractivity contribution is 7.90. The normalized spacial score (nSPS) is 12.2. The number of sulfone groups is 1. The molecule has 0 fully saturated rings. The first-order valence-corrected chi connectivity index (χ1v) is 14.2. The van der Waals surface area contributed by atoms with Crippen LogP contribution in [0.25, 0.3) is 33.8 Å². The van der Waals surface area contributed by atoms with Crippen LogP contribution in [-0.4, -0.2) is 39.2 Å². The van der Waals surface area contributed by atoms with Gasteiger partial charge in [-0.25, -0.2) is 18.1 Å². The molecular formula is C27H21Cl2F2N5O2S. The van der Waals surface area contributed by atoms with Gasteiger partial charge in [-0.2, -0.15) is 8.78 Å². The molecule has 0 aliphatic rings. The van der Waals surface area contributed by atoms with E-state index < -0.39 is 15.8 Å². The van der Waals surface area contributed by atoms with E-state index in [0.717, 1.165) is 13.2 Å². The molecule has 7 nitrogen and oxygen atoms in total. The number of nitrogens with zero attached hydrogens (tertiary/aromatic N) is 5. The smallest absolute Gasteiger partial charge is 0.288 e. The third-order valence-corrected chi connectivity index (χ3v) is 7.81. The first-order valence-electron chi connectivity index (χ1n) is 11.6. The molecule has 5 aromatic rings. The quantitative estimate of drug-likeness (QED) is 0.215. The van der Waals surface area contributed by atoms with Gasteiger partial charge in [-0.15, -0.1) is 5.10 Å². The van der Waals surface area contributed by atoms with Crippen LogP contribution in [0.15, 0.2) is 78.0 Å². The molecule has 0 unspecified atom stereocenters. The van der Waals surface area contributed by atoms with Crippen molar-refractivity contribution in [2.45, 2.75) is 24.7 Å². The minimum absolute atomic E-state index is 0.167. The van der Waals surface area contributed by atoms with E-state index >= 15 is 0 Å². The van der Waals surface area contributed by atoms with Crippen molar-refractivity contribution in [2.75, 3.05) is 6.26 Å². The topological polar surface area (TPSA) is 82.7 Å². The van der Waals surface area contributed by atoms with Crippen LogP contribution in [0.1, 0.15) is 18.4 Å². The minimum Gasteiger partial charge on any atom is -0.301 e. The van der Waals surface area contributed by atoms with Gasteiger partial charge in [0.25, 0.3) is 5.92 Å². The van der Waals surface area contributed by atoms with E-state index in [-0.39, 0.29) is 10.6 Å². The zero-order valence-corrected chi connectivity index (χ0v) is 23.2. The van der Waals surface area contributed by atoms with Crippen LogP contribution in [0.5, 0.6) is 0 Å². The molecule has 0 saturated heterocycles. The second-order valence-electron chi connectivity index (χ2n) is 9.09. The van der Waals surface area contributed by atoms with Crippen LogP contribution in [-0.2, 0) is 15.8 Å². The molecular weight excluding hydrogens is 567 g/mol. The average molecular weight is 588 g/mol. The van der Waals surface area contributed by atoms with Crippen LogP contribution in [0.3, 0.4) is 0 Å². The van der Waals surface area contributed by atoms with Crippen molar-refractivity contribution >= 4 is 33.0 Å². The summed E-state index contributed by atoms with van der Waals surface area (Å²) in [6, 6.07) is 16.8. The van der Waals surface area contributed by atoms with Gasteiger partial charge in [-0.1, -0.05) is 46.6 Å². The van der Waals surface area contributed by atoms with E-state index in [1.807, 2.05) is 0 Å². The summed E-state index contributed by atoms with van der Waals surface area (Å²) in [7, 11) is -3.44. The van der Waals surface area contributed by atoms with Gasteiger partial charge in [0.2, 0.25) is 0 Å². The average Bonchev–Trinajstić information content (AvgIpc) is 3.50. The number of alkyl halides is 2. The summed E-state index contributed by atoms with van der Waals surface area (Å²) in [5.74, 6) is -2.80. The molecule has 0 spiro atoms. The van der Waals surface area contributed by atoms with E-state index in [1.165, 1.54) is 23.1 Å². The molecule has 0 radical (unpaired) electrons. The molecule has 2 aromatic heterocycles. The summed E-state index contributed by atoms with van der Waals surface area (Å²) in [4.78, 5) is 4.24. The molecule has 0 atom stereocenters. The first kappa shape index (κ1) is 27.0. The lowest BCUT2D eigenvalue weighted by Gasteiger charge is -2.16. The Morgan fingerprint density at radius 1 is 0.949 bits per heavy atom. The van der Waals surface area contributed by atoms with Crippen LogP contribution < -0.4 is 0 Å². The zero-order valence-electron chi connectivity index (χ0n) is 20.9. The summed E-state index contributed by atoms with van der Waals surface area (Å²) in [5.41, 5.74) is 3.03. The maximum atomic E-state index is 14.1. The number of benzene rings is 3. The van der Waals surface area contributed by atoms with Gasteiger partial charge in [-0.3, -0.25) is 0 Å². The van der Waals surface area contributed by atoms with Gasteiger partial charge in [0.15, 0.2) is 9.84 Å². The highest BCUT2D eigenvalue weighted by atomic mass is 35.5. The molecule has 3 aromatic carbocycles.